The summed E-state index contributed by atoms with van der Waals surface area (Å²) in [5, 5.41) is 11.6. The van der Waals surface area contributed by atoms with Crippen molar-refractivity contribution in [2.24, 2.45) is 7.05 Å². The fourth-order valence-corrected chi connectivity index (χ4v) is 3.03. The molecule has 0 radical (unpaired) electrons. The Morgan fingerprint density at radius 2 is 2.29 bits per heavy atom. The number of rotatable bonds is 8. The van der Waals surface area contributed by atoms with Crippen molar-refractivity contribution in [2.45, 2.75) is 30.7 Å². The summed E-state index contributed by atoms with van der Waals surface area (Å²) in [6.07, 6.45) is 3.85. The molecule has 1 heterocycles. The molecule has 0 spiro atoms. The maximum atomic E-state index is 13.2. The van der Waals surface area contributed by atoms with E-state index in [2.05, 4.69) is 22.6 Å². The van der Waals surface area contributed by atoms with Crippen LogP contribution in [-0.2, 0) is 13.5 Å². The first kappa shape index (κ1) is 16.0. The Bertz CT molecular complexity index is 558. The normalized spacial score (nSPS) is 12.5. The molecule has 0 aliphatic heterocycles. The number of hydrogen-bond acceptors (Lipinski definition) is 4. The Hall–Kier alpha value is -1.40. The summed E-state index contributed by atoms with van der Waals surface area (Å²) in [6, 6.07) is 7.03. The summed E-state index contributed by atoms with van der Waals surface area (Å²) < 4.78 is 14.9. The Morgan fingerprint density at radius 3 is 2.95 bits per heavy atom. The fourth-order valence-electron chi connectivity index (χ4n) is 2.03. The van der Waals surface area contributed by atoms with Crippen molar-refractivity contribution >= 4 is 11.8 Å². The Balaban J connectivity index is 1.92. The maximum Gasteiger partial charge on any atom is 0.124 e. The smallest absolute Gasteiger partial charge is 0.124 e. The predicted octanol–water partition coefficient (Wildman–Crippen LogP) is 2.66. The molecule has 0 fully saturated rings. The molecule has 0 amide bonds. The Labute approximate surface area is 129 Å². The van der Waals surface area contributed by atoms with Crippen LogP contribution in [0.3, 0.4) is 0 Å². The van der Waals surface area contributed by atoms with Crippen molar-refractivity contribution in [2.75, 3.05) is 12.3 Å². The van der Waals surface area contributed by atoms with Crippen LogP contribution in [0.4, 0.5) is 4.39 Å². The van der Waals surface area contributed by atoms with E-state index >= 15 is 0 Å². The van der Waals surface area contributed by atoms with Gasteiger partial charge in [0.25, 0.3) is 0 Å². The molecule has 2 rings (SSSR count). The van der Waals surface area contributed by atoms with Crippen LogP contribution in [-0.4, -0.2) is 33.3 Å². The molecule has 114 valence electrons. The van der Waals surface area contributed by atoms with Crippen LogP contribution in [0.25, 0.3) is 0 Å². The summed E-state index contributed by atoms with van der Waals surface area (Å²) in [7, 11) is 1.87. The van der Waals surface area contributed by atoms with Gasteiger partial charge in [0.15, 0.2) is 0 Å². The van der Waals surface area contributed by atoms with Crippen molar-refractivity contribution in [3.05, 3.63) is 42.0 Å². The first-order valence-electron chi connectivity index (χ1n) is 7.14. The van der Waals surface area contributed by atoms with Gasteiger partial charge in [0.05, 0.1) is 5.69 Å². The molecule has 21 heavy (non-hydrogen) atoms. The first-order valence-corrected chi connectivity index (χ1v) is 8.13. The van der Waals surface area contributed by atoms with Gasteiger partial charge in [-0.25, -0.2) is 4.39 Å². The van der Waals surface area contributed by atoms with Crippen molar-refractivity contribution in [1.82, 2.24) is 20.3 Å². The number of nitrogens with one attached hydrogen (secondary N) is 1. The van der Waals surface area contributed by atoms with E-state index in [1.165, 1.54) is 6.07 Å². The van der Waals surface area contributed by atoms with Crippen LogP contribution in [0.2, 0.25) is 0 Å². The molecule has 0 saturated carbocycles. The number of aromatic nitrogens is 3. The van der Waals surface area contributed by atoms with E-state index in [-0.39, 0.29) is 5.82 Å². The monoisotopic (exact) mass is 308 g/mol. The van der Waals surface area contributed by atoms with Crippen LogP contribution in [0.1, 0.15) is 19.0 Å². The highest BCUT2D eigenvalue weighted by Crippen LogP contribution is 2.20. The standard InChI is InChI=1S/C15H21FN4S/c1-3-7-17-14(9-13-10-20(2)19-18-13)11-21-15-6-4-5-12(16)8-15/h4-6,8,10,14,17H,3,7,9,11H2,1-2H3. The van der Waals surface area contributed by atoms with Gasteiger partial charge < -0.3 is 5.32 Å². The Morgan fingerprint density at radius 1 is 1.43 bits per heavy atom. The summed E-state index contributed by atoms with van der Waals surface area (Å²) >= 11 is 1.66. The van der Waals surface area contributed by atoms with Gasteiger partial charge in [0, 0.05) is 36.4 Å². The lowest BCUT2D eigenvalue weighted by molar-refractivity contribution is 0.544. The van der Waals surface area contributed by atoms with Gasteiger partial charge in [-0.3, -0.25) is 4.68 Å². The van der Waals surface area contributed by atoms with Gasteiger partial charge in [0.2, 0.25) is 0 Å². The lowest BCUT2D eigenvalue weighted by Crippen LogP contribution is -2.34. The number of halogens is 1. The topological polar surface area (TPSA) is 42.7 Å². The summed E-state index contributed by atoms with van der Waals surface area (Å²) in [5.41, 5.74) is 0.978. The van der Waals surface area contributed by atoms with Crippen LogP contribution in [0.5, 0.6) is 0 Å². The molecular weight excluding hydrogens is 287 g/mol. The van der Waals surface area contributed by atoms with Gasteiger partial charge in [-0.05, 0) is 31.2 Å². The fraction of sp³-hybridized carbons (Fsp3) is 0.467. The van der Waals surface area contributed by atoms with Gasteiger partial charge in [0.1, 0.15) is 5.82 Å². The molecule has 6 heteroatoms. The number of aryl methyl sites for hydroxylation is 1. The minimum absolute atomic E-state index is 0.188. The van der Waals surface area contributed by atoms with Gasteiger partial charge in [-0.1, -0.05) is 18.2 Å². The van der Waals surface area contributed by atoms with E-state index in [9.17, 15) is 4.39 Å². The molecule has 1 atom stereocenters. The molecule has 4 nitrogen and oxygen atoms in total. The van der Waals surface area contributed by atoms with Crippen molar-refractivity contribution < 1.29 is 4.39 Å². The molecular formula is C15H21FN4S. The van der Waals surface area contributed by atoms with Crippen LogP contribution in [0.15, 0.2) is 35.4 Å². The van der Waals surface area contributed by atoms with E-state index in [4.69, 9.17) is 0 Å². The van der Waals surface area contributed by atoms with Crippen LogP contribution < -0.4 is 5.32 Å². The van der Waals surface area contributed by atoms with Crippen LogP contribution >= 0.6 is 11.8 Å². The molecule has 2 aromatic rings. The lowest BCUT2D eigenvalue weighted by atomic mass is 10.2. The second kappa shape index (κ2) is 8.14. The summed E-state index contributed by atoms with van der Waals surface area (Å²) in [6.45, 7) is 3.11. The highest BCUT2D eigenvalue weighted by molar-refractivity contribution is 7.99. The molecule has 0 aliphatic rings. The highest BCUT2D eigenvalue weighted by Gasteiger charge is 2.12. The molecule has 1 aromatic carbocycles. The average Bonchev–Trinajstić information content (AvgIpc) is 2.87. The summed E-state index contributed by atoms with van der Waals surface area (Å²) in [5.74, 6) is 0.687. The van der Waals surface area contributed by atoms with Crippen LogP contribution in [0, 0.1) is 5.82 Å². The van der Waals surface area contributed by atoms with E-state index in [0.717, 1.165) is 35.7 Å². The van der Waals surface area contributed by atoms with E-state index in [0.29, 0.717) is 6.04 Å². The van der Waals surface area contributed by atoms with Gasteiger partial charge in [-0.2, -0.15) is 0 Å². The zero-order valence-corrected chi connectivity index (χ0v) is 13.2. The third kappa shape index (κ3) is 5.47. The van der Waals surface area contributed by atoms with E-state index in [1.54, 1.807) is 28.6 Å². The third-order valence-electron chi connectivity index (χ3n) is 3.04. The zero-order chi connectivity index (χ0) is 15.1. The summed E-state index contributed by atoms with van der Waals surface area (Å²) in [4.78, 5) is 0.956. The largest absolute Gasteiger partial charge is 0.313 e. The molecule has 0 bridgehead atoms. The number of hydrogen-bond donors (Lipinski definition) is 1. The second-order valence-electron chi connectivity index (χ2n) is 5.01. The third-order valence-corrected chi connectivity index (χ3v) is 4.19. The van der Waals surface area contributed by atoms with Crippen molar-refractivity contribution in [3.63, 3.8) is 0 Å². The minimum atomic E-state index is -0.188. The predicted molar refractivity (Wildman–Crippen MR) is 83.9 cm³/mol. The highest BCUT2D eigenvalue weighted by atomic mass is 32.2. The molecule has 0 aliphatic carbocycles. The lowest BCUT2D eigenvalue weighted by Gasteiger charge is -2.17. The SMILES string of the molecule is CCCNC(CSc1cccc(F)c1)Cc1cn(C)nn1. The van der Waals surface area contributed by atoms with Crippen molar-refractivity contribution in [1.29, 1.82) is 0 Å². The maximum absolute atomic E-state index is 13.2. The number of benzene rings is 1. The molecule has 0 saturated heterocycles. The number of nitrogens with zero attached hydrogens (tertiary/aromatic N) is 3. The minimum Gasteiger partial charge on any atom is -0.313 e. The average molecular weight is 308 g/mol. The number of thioether (sulfide) groups is 1. The zero-order valence-electron chi connectivity index (χ0n) is 12.4. The Kier molecular flexibility index (Phi) is 6.20. The van der Waals surface area contributed by atoms with E-state index in [1.807, 2.05) is 19.3 Å². The quantitative estimate of drug-likeness (QED) is 0.761. The molecule has 1 unspecified atom stereocenters. The van der Waals surface area contributed by atoms with E-state index < -0.39 is 0 Å². The van der Waals surface area contributed by atoms with Gasteiger partial charge in [-0.15, -0.1) is 16.9 Å². The van der Waals surface area contributed by atoms with Gasteiger partial charge >= 0.3 is 0 Å². The second-order valence-corrected chi connectivity index (χ2v) is 6.10. The molecule has 1 N–H and O–H groups in total. The molecule has 1 aromatic heterocycles. The first-order chi connectivity index (χ1) is 10.2. The van der Waals surface area contributed by atoms with Crippen molar-refractivity contribution in [3.8, 4) is 0 Å².